The van der Waals surface area contributed by atoms with E-state index in [1.165, 1.54) is 29.0 Å². The standard InChI is InChI=1S/C13H22N2S/c1-2-11-4-5-12(16-11)8-15-10-13(9-14)6-3-7-13/h4-5,15H,2-3,6-10,14H2,1H3. The zero-order valence-electron chi connectivity index (χ0n) is 10.1. The summed E-state index contributed by atoms with van der Waals surface area (Å²) in [6.45, 7) is 5.14. The molecule has 0 radical (unpaired) electrons. The van der Waals surface area contributed by atoms with Crippen LogP contribution >= 0.6 is 11.3 Å². The highest BCUT2D eigenvalue weighted by molar-refractivity contribution is 7.11. The lowest BCUT2D eigenvalue weighted by molar-refractivity contribution is 0.141. The first-order valence-electron chi connectivity index (χ1n) is 6.26. The SMILES string of the molecule is CCc1ccc(CNCC2(CN)CCC2)s1. The van der Waals surface area contributed by atoms with Crippen molar-refractivity contribution in [2.45, 2.75) is 39.2 Å². The molecule has 1 aromatic rings. The van der Waals surface area contributed by atoms with Crippen LogP contribution in [0.15, 0.2) is 12.1 Å². The zero-order valence-corrected chi connectivity index (χ0v) is 10.9. The summed E-state index contributed by atoms with van der Waals surface area (Å²) < 4.78 is 0. The number of nitrogens with two attached hydrogens (primary N) is 1. The summed E-state index contributed by atoms with van der Waals surface area (Å²) in [6, 6.07) is 4.48. The van der Waals surface area contributed by atoms with Crippen molar-refractivity contribution in [1.82, 2.24) is 5.32 Å². The van der Waals surface area contributed by atoms with Gasteiger partial charge in [-0.2, -0.15) is 0 Å². The lowest BCUT2D eigenvalue weighted by Gasteiger charge is -2.41. The molecular formula is C13H22N2S. The minimum absolute atomic E-state index is 0.421. The smallest absolute Gasteiger partial charge is 0.0300 e. The van der Waals surface area contributed by atoms with Gasteiger partial charge in [0.1, 0.15) is 0 Å². The van der Waals surface area contributed by atoms with Crippen molar-refractivity contribution in [2.75, 3.05) is 13.1 Å². The van der Waals surface area contributed by atoms with E-state index in [1.54, 1.807) is 0 Å². The fourth-order valence-corrected chi connectivity index (χ4v) is 3.22. The first-order valence-corrected chi connectivity index (χ1v) is 7.08. The molecule has 0 saturated heterocycles. The van der Waals surface area contributed by atoms with Crippen LogP contribution in [-0.2, 0) is 13.0 Å². The van der Waals surface area contributed by atoms with Crippen LogP contribution in [0.5, 0.6) is 0 Å². The van der Waals surface area contributed by atoms with Crippen molar-refractivity contribution in [3.8, 4) is 0 Å². The Morgan fingerprint density at radius 3 is 2.62 bits per heavy atom. The topological polar surface area (TPSA) is 38.0 Å². The number of nitrogens with one attached hydrogen (secondary N) is 1. The van der Waals surface area contributed by atoms with Gasteiger partial charge in [0.2, 0.25) is 0 Å². The Morgan fingerprint density at radius 1 is 1.38 bits per heavy atom. The zero-order chi connectivity index (χ0) is 11.4. The van der Waals surface area contributed by atoms with Crippen LogP contribution in [0.2, 0.25) is 0 Å². The molecule has 3 N–H and O–H groups in total. The molecule has 16 heavy (non-hydrogen) atoms. The Balaban J connectivity index is 1.75. The molecule has 2 nitrogen and oxygen atoms in total. The lowest BCUT2D eigenvalue weighted by Crippen LogP contribution is -2.45. The quantitative estimate of drug-likeness (QED) is 0.799. The van der Waals surface area contributed by atoms with Crippen molar-refractivity contribution < 1.29 is 0 Å². The van der Waals surface area contributed by atoms with Crippen LogP contribution < -0.4 is 11.1 Å². The molecule has 0 unspecified atom stereocenters. The molecule has 3 heteroatoms. The molecule has 1 fully saturated rings. The number of hydrogen-bond donors (Lipinski definition) is 2. The second-order valence-corrected chi connectivity index (χ2v) is 6.14. The van der Waals surface area contributed by atoms with Crippen molar-refractivity contribution >= 4 is 11.3 Å². The van der Waals surface area contributed by atoms with Gasteiger partial charge in [0.15, 0.2) is 0 Å². The normalized spacial score (nSPS) is 18.4. The van der Waals surface area contributed by atoms with Crippen LogP contribution in [0.3, 0.4) is 0 Å². The van der Waals surface area contributed by atoms with E-state index in [0.717, 1.165) is 26.1 Å². The average molecular weight is 238 g/mol. The third-order valence-electron chi connectivity index (χ3n) is 3.71. The molecule has 0 spiro atoms. The minimum Gasteiger partial charge on any atom is -0.330 e. The maximum Gasteiger partial charge on any atom is 0.0300 e. The van der Waals surface area contributed by atoms with Gasteiger partial charge in [-0.15, -0.1) is 11.3 Å². The van der Waals surface area contributed by atoms with E-state index in [2.05, 4.69) is 24.4 Å². The van der Waals surface area contributed by atoms with E-state index in [-0.39, 0.29) is 0 Å². The Labute approximate surface area is 102 Å². The maximum atomic E-state index is 5.84. The summed E-state index contributed by atoms with van der Waals surface area (Å²) in [5.41, 5.74) is 6.26. The van der Waals surface area contributed by atoms with Crippen molar-refractivity contribution in [1.29, 1.82) is 0 Å². The number of thiophene rings is 1. The summed E-state index contributed by atoms with van der Waals surface area (Å²) in [7, 11) is 0. The minimum atomic E-state index is 0.421. The van der Waals surface area contributed by atoms with Crippen LogP contribution in [0, 0.1) is 5.41 Å². The van der Waals surface area contributed by atoms with Gasteiger partial charge in [-0.1, -0.05) is 13.3 Å². The van der Waals surface area contributed by atoms with Gasteiger partial charge in [0, 0.05) is 22.8 Å². The summed E-state index contributed by atoms with van der Waals surface area (Å²) >= 11 is 1.92. The largest absolute Gasteiger partial charge is 0.330 e. The van der Waals surface area contributed by atoms with Crippen molar-refractivity contribution in [2.24, 2.45) is 11.1 Å². The first kappa shape index (κ1) is 12.1. The molecule has 0 bridgehead atoms. The van der Waals surface area contributed by atoms with E-state index in [4.69, 9.17) is 5.73 Å². The second-order valence-electron chi connectivity index (χ2n) is 4.88. The third-order valence-corrected chi connectivity index (χ3v) is 4.94. The van der Waals surface area contributed by atoms with E-state index in [1.807, 2.05) is 11.3 Å². The Morgan fingerprint density at radius 2 is 2.12 bits per heavy atom. The van der Waals surface area contributed by atoms with Gasteiger partial charge in [0.25, 0.3) is 0 Å². The highest BCUT2D eigenvalue weighted by atomic mass is 32.1. The highest BCUT2D eigenvalue weighted by Gasteiger charge is 2.34. The van der Waals surface area contributed by atoms with Gasteiger partial charge in [-0.05, 0) is 43.4 Å². The first-order chi connectivity index (χ1) is 7.78. The highest BCUT2D eigenvalue weighted by Crippen LogP contribution is 2.39. The summed E-state index contributed by atoms with van der Waals surface area (Å²) in [6.07, 6.45) is 5.12. The van der Waals surface area contributed by atoms with Gasteiger partial charge >= 0.3 is 0 Å². The van der Waals surface area contributed by atoms with E-state index < -0.39 is 0 Å². The summed E-state index contributed by atoms with van der Waals surface area (Å²) in [4.78, 5) is 2.93. The lowest BCUT2D eigenvalue weighted by atomic mass is 9.69. The molecule has 90 valence electrons. The second kappa shape index (κ2) is 5.30. The third kappa shape index (κ3) is 2.65. The monoisotopic (exact) mass is 238 g/mol. The Kier molecular flexibility index (Phi) is 4.00. The van der Waals surface area contributed by atoms with Gasteiger partial charge in [-0.25, -0.2) is 0 Å². The number of hydrogen-bond acceptors (Lipinski definition) is 3. The molecule has 1 aliphatic rings. The number of rotatable bonds is 6. The van der Waals surface area contributed by atoms with E-state index in [0.29, 0.717) is 5.41 Å². The maximum absolute atomic E-state index is 5.84. The van der Waals surface area contributed by atoms with Crippen LogP contribution in [0.4, 0.5) is 0 Å². The van der Waals surface area contributed by atoms with Gasteiger partial charge in [0.05, 0.1) is 0 Å². The van der Waals surface area contributed by atoms with Crippen molar-refractivity contribution in [3.05, 3.63) is 21.9 Å². The van der Waals surface area contributed by atoms with Gasteiger partial charge in [-0.3, -0.25) is 0 Å². The van der Waals surface area contributed by atoms with Crippen LogP contribution in [0.1, 0.15) is 35.9 Å². The molecule has 2 rings (SSSR count). The molecule has 1 aromatic heterocycles. The predicted molar refractivity (Wildman–Crippen MR) is 70.7 cm³/mol. The Hall–Kier alpha value is -0.380. The van der Waals surface area contributed by atoms with Crippen LogP contribution in [-0.4, -0.2) is 13.1 Å². The fraction of sp³-hybridized carbons (Fsp3) is 0.692. The molecule has 0 amide bonds. The average Bonchev–Trinajstić information content (AvgIpc) is 2.70. The Bertz CT molecular complexity index is 323. The van der Waals surface area contributed by atoms with E-state index in [9.17, 15) is 0 Å². The van der Waals surface area contributed by atoms with Gasteiger partial charge < -0.3 is 11.1 Å². The predicted octanol–water partition coefficient (Wildman–Crippen LogP) is 2.53. The summed E-state index contributed by atoms with van der Waals surface area (Å²) in [5.74, 6) is 0. The molecule has 1 saturated carbocycles. The summed E-state index contributed by atoms with van der Waals surface area (Å²) in [5, 5.41) is 3.56. The van der Waals surface area contributed by atoms with Crippen LogP contribution in [0.25, 0.3) is 0 Å². The van der Waals surface area contributed by atoms with Crippen molar-refractivity contribution in [3.63, 3.8) is 0 Å². The fourth-order valence-electron chi connectivity index (χ4n) is 2.29. The molecule has 1 heterocycles. The molecule has 0 aromatic carbocycles. The molecular weight excluding hydrogens is 216 g/mol. The molecule has 0 atom stereocenters. The number of aryl methyl sites for hydroxylation is 1. The molecule has 1 aliphatic carbocycles. The molecule has 0 aliphatic heterocycles. The van der Waals surface area contributed by atoms with E-state index >= 15 is 0 Å².